The minimum atomic E-state index is 0.238. The van der Waals surface area contributed by atoms with Gasteiger partial charge in [0.1, 0.15) is 6.33 Å². The van der Waals surface area contributed by atoms with E-state index >= 15 is 0 Å². The molecule has 0 atom stereocenters. The lowest BCUT2D eigenvalue weighted by molar-refractivity contribution is 0.291. The highest BCUT2D eigenvalue weighted by molar-refractivity contribution is 5.38. The topological polar surface area (TPSA) is 85.8 Å². The summed E-state index contributed by atoms with van der Waals surface area (Å²) in [4.78, 5) is 19.1. The largest absolute Gasteiger partial charge is 0.368 e. The fourth-order valence-electron chi connectivity index (χ4n) is 2.60. The Bertz CT molecular complexity index is 591. The summed E-state index contributed by atoms with van der Waals surface area (Å²) in [6, 6.07) is 0. The average Bonchev–Trinajstić information content (AvgIpc) is 2.90. The van der Waals surface area contributed by atoms with E-state index < -0.39 is 0 Å². The quantitative estimate of drug-likeness (QED) is 0.886. The highest BCUT2D eigenvalue weighted by Crippen LogP contribution is 2.30. The van der Waals surface area contributed by atoms with E-state index in [4.69, 9.17) is 5.73 Å². The molecule has 3 heterocycles. The molecule has 2 aromatic rings. The van der Waals surface area contributed by atoms with Crippen molar-refractivity contribution in [1.82, 2.24) is 24.5 Å². The van der Waals surface area contributed by atoms with Gasteiger partial charge >= 0.3 is 0 Å². The SMILES string of the molecule is CC1(C)CCCN(c2nc(N)nc(-n3ccnc3)n2)C1. The Balaban J connectivity index is 1.94. The van der Waals surface area contributed by atoms with E-state index in [9.17, 15) is 0 Å². The number of hydrogen-bond acceptors (Lipinski definition) is 6. The highest BCUT2D eigenvalue weighted by Gasteiger charge is 2.28. The maximum atomic E-state index is 5.82. The molecule has 106 valence electrons. The van der Waals surface area contributed by atoms with Crippen LogP contribution in [0.3, 0.4) is 0 Å². The first-order valence-electron chi connectivity index (χ1n) is 6.78. The standard InChI is InChI=1S/C13H19N7/c1-13(2)4-3-6-19(8-13)11-16-10(14)17-12(18-11)20-7-5-15-9-20/h5,7,9H,3-4,6,8H2,1-2H3,(H2,14,16,17,18). The van der Waals surface area contributed by atoms with Crippen molar-refractivity contribution in [3.05, 3.63) is 18.7 Å². The maximum Gasteiger partial charge on any atom is 0.241 e. The number of hydrogen-bond donors (Lipinski definition) is 1. The first-order chi connectivity index (χ1) is 9.53. The highest BCUT2D eigenvalue weighted by atomic mass is 15.3. The average molecular weight is 273 g/mol. The Morgan fingerprint density at radius 1 is 1.20 bits per heavy atom. The molecular weight excluding hydrogens is 254 g/mol. The molecule has 0 aromatic carbocycles. The van der Waals surface area contributed by atoms with Crippen molar-refractivity contribution in [2.45, 2.75) is 26.7 Å². The molecule has 7 heteroatoms. The van der Waals surface area contributed by atoms with Crippen molar-refractivity contribution in [3.63, 3.8) is 0 Å². The van der Waals surface area contributed by atoms with Crippen molar-refractivity contribution in [2.75, 3.05) is 23.7 Å². The summed E-state index contributed by atoms with van der Waals surface area (Å²) in [5.41, 5.74) is 6.09. The van der Waals surface area contributed by atoms with Gasteiger partial charge in [0.15, 0.2) is 0 Å². The molecule has 0 aliphatic carbocycles. The van der Waals surface area contributed by atoms with E-state index in [1.165, 1.54) is 6.42 Å². The molecule has 1 saturated heterocycles. The van der Waals surface area contributed by atoms with Crippen molar-refractivity contribution in [2.24, 2.45) is 5.41 Å². The smallest absolute Gasteiger partial charge is 0.241 e. The Morgan fingerprint density at radius 3 is 2.70 bits per heavy atom. The van der Waals surface area contributed by atoms with E-state index in [1.54, 1.807) is 23.3 Å². The van der Waals surface area contributed by atoms with Gasteiger partial charge in [-0.2, -0.15) is 15.0 Å². The molecule has 0 amide bonds. The number of nitrogens with zero attached hydrogens (tertiary/aromatic N) is 6. The van der Waals surface area contributed by atoms with Crippen LogP contribution in [0.15, 0.2) is 18.7 Å². The molecule has 2 aromatic heterocycles. The monoisotopic (exact) mass is 273 g/mol. The number of imidazole rings is 1. The van der Waals surface area contributed by atoms with E-state index in [1.807, 2.05) is 0 Å². The van der Waals surface area contributed by atoms with Gasteiger partial charge in [-0.1, -0.05) is 13.8 Å². The van der Waals surface area contributed by atoms with Crippen molar-refractivity contribution in [3.8, 4) is 5.95 Å². The number of anilines is 2. The van der Waals surface area contributed by atoms with Crippen LogP contribution in [-0.2, 0) is 0 Å². The summed E-state index contributed by atoms with van der Waals surface area (Å²) in [6.45, 7) is 6.41. The third-order valence-corrected chi connectivity index (χ3v) is 3.55. The molecule has 3 rings (SSSR count). The summed E-state index contributed by atoms with van der Waals surface area (Å²) in [5.74, 6) is 1.39. The lowest BCUT2D eigenvalue weighted by Crippen LogP contribution is -2.41. The van der Waals surface area contributed by atoms with Gasteiger partial charge < -0.3 is 10.6 Å². The van der Waals surface area contributed by atoms with Crippen molar-refractivity contribution in [1.29, 1.82) is 0 Å². The fourth-order valence-corrected chi connectivity index (χ4v) is 2.60. The predicted molar refractivity (Wildman–Crippen MR) is 76.6 cm³/mol. The van der Waals surface area contributed by atoms with Gasteiger partial charge in [-0.15, -0.1) is 0 Å². The summed E-state index contributed by atoms with van der Waals surface area (Å²) in [7, 11) is 0. The van der Waals surface area contributed by atoms with E-state index in [0.717, 1.165) is 19.5 Å². The summed E-state index contributed by atoms with van der Waals surface area (Å²) in [6.07, 6.45) is 7.48. The van der Waals surface area contributed by atoms with Gasteiger partial charge in [-0.05, 0) is 18.3 Å². The van der Waals surface area contributed by atoms with Gasteiger partial charge in [-0.3, -0.25) is 4.57 Å². The second-order valence-corrected chi connectivity index (χ2v) is 5.95. The van der Waals surface area contributed by atoms with Crippen LogP contribution in [0.25, 0.3) is 5.95 Å². The van der Waals surface area contributed by atoms with Crippen LogP contribution in [0, 0.1) is 5.41 Å². The number of nitrogens with two attached hydrogens (primary N) is 1. The Kier molecular flexibility index (Phi) is 3.04. The Hall–Kier alpha value is -2.18. The zero-order valence-electron chi connectivity index (χ0n) is 11.8. The number of rotatable bonds is 2. The summed E-state index contributed by atoms with van der Waals surface area (Å²) < 4.78 is 1.73. The number of aromatic nitrogens is 5. The predicted octanol–water partition coefficient (Wildman–Crippen LogP) is 1.27. The molecule has 0 unspecified atom stereocenters. The number of piperidine rings is 1. The van der Waals surface area contributed by atoms with E-state index in [0.29, 0.717) is 11.9 Å². The number of nitrogen functional groups attached to an aromatic ring is 1. The van der Waals surface area contributed by atoms with Crippen LogP contribution in [-0.4, -0.2) is 37.6 Å². The minimum Gasteiger partial charge on any atom is -0.368 e. The molecule has 0 saturated carbocycles. The zero-order valence-corrected chi connectivity index (χ0v) is 11.8. The molecule has 0 radical (unpaired) electrons. The van der Waals surface area contributed by atoms with Gasteiger partial charge in [0.05, 0.1) is 0 Å². The van der Waals surface area contributed by atoms with Crippen LogP contribution in [0.1, 0.15) is 26.7 Å². The molecule has 1 aliphatic heterocycles. The Morgan fingerprint density at radius 2 is 2.00 bits per heavy atom. The maximum absolute atomic E-state index is 5.82. The lowest BCUT2D eigenvalue weighted by Gasteiger charge is -2.38. The van der Waals surface area contributed by atoms with Crippen LogP contribution in [0.2, 0.25) is 0 Å². The van der Waals surface area contributed by atoms with Gasteiger partial charge in [0, 0.05) is 25.5 Å². The van der Waals surface area contributed by atoms with Crippen LogP contribution in [0.4, 0.5) is 11.9 Å². The molecule has 7 nitrogen and oxygen atoms in total. The van der Waals surface area contributed by atoms with Gasteiger partial charge in [-0.25, -0.2) is 4.98 Å². The zero-order chi connectivity index (χ0) is 14.2. The minimum absolute atomic E-state index is 0.238. The van der Waals surface area contributed by atoms with Crippen molar-refractivity contribution < 1.29 is 0 Å². The molecule has 2 N–H and O–H groups in total. The second kappa shape index (κ2) is 4.73. The first-order valence-corrected chi connectivity index (χ1v) is 6.78. The van der Waals surface area contributed by atoms with Crippen LogP contribution < -0.4 is 10.6 Å². The first kappa shape index (κ1) is 12.8. The third-order valence-electron chi connectivity index (χ3n) is 3.55. The Labute approximate surface area is 117 Å². The fraction of sp³-hybridized carbons (Fsp3) is 0.538. The molecular formula is C13H19N7. The summed E-state index contributed by atoms with van der Waals surface area (Å²) in [5, 5.41) is 0. The molecule has 1 fully saturated rings. The molecule has 1 aliphatic rings. The van der Waals surface area contributed by atoms with E-state index in [2.05, 4.69) is 38.7 Å². The molecule has 0 bridgehead atoms. The van der Waals surface area contributed by atoms with Gasteiger partial charge in [0.2, 0.25) is 17.8 Å². The normalized spacial score (nSPS) is 18.2. The van der Waals surface area contributed by atoms with Crippen LogP contribution in [0.5, 0.6) is 0 Å². The van der Waals surface area contributed by atoms with Crippen LogP contribution >= 0.6 is 0 Å². The van der Waals surface area contributed by atoms with Gasteiger partial charge in [0.25, 0.3) is 0 Å². The third kappa shape index (κ3) is 2.56. The molecule has 0 spiro atoms. The second-order valence-electron chi connectivity index (χ2n) is 5.95. The lowest BCUT2D eigenvalue weighted by atomic mass is 9.84. The van der Waals surface area contributed by atoms with Crippen molar-refractivity contribution >= 4 is 11.9 Å². The van der Waals surface area contributed by atoms with E-state index in [-0.39, 0.29) is 11.4 Å². The molecule has 20 heavy (non-hydrogen) atoms. The summed E-state index contributed by atoms with van der Waals surface area (Å²) >= 11 is 0.